The van der Waals surface area contributed by atoms with Crippen LogP contribution in [0.15, 0.2) is 36.4 Å². The topological polar surface area (TPSA) is 20.2 Å². The van der Waals surface area contributed by atoms with Crippen molar-refractivity contribution in [2.45, 2.75) is 6.10 Å². The van der Waals surface area contributed by atoms with Crippen molar-refractivity contribution in [3.63, 3.8) is 0 Å². The summed E-state index contributed by atoms with van der Waals surface area (Å²) < 4.78 is 0.515. The number of aliphatic hydroxyl groups excluding tert-OH is 1. The van der Waals surface area contributed by atoms with Crippen LogP contribution in [0.25, 0.3) is 0 Å². The minimum absolute atomic E-state index is 0.492. The first-order chi connectivity index (χ1) is 7.18. The summed E-state index contributed by atoms with van der Waals surface area (Å²) in [5.74, 6) is 0. The van der Waals surface area contributed by atoms with E-state index in [1.54, 1.807) is 6.07 Å². The maximum absolute atomic E-state index is 10.0. The molecule has 2 aromatic rings. The third-order valence-corrected chi connectivity index (χ3v) is 3.97. The lowest BCUT2D eigenvalue weighted by atomic mass is 10.1. The van der Waals surface area contributed by atoms with E-state index >= 15 is 0 Å². The van der Waals surface area contributed by atoms with E-state index < -0.39 is 6.10 Å². The van der Waals surface area contributed by atoms with Gasteiger partial charge in [0.2, 0.25) is 0 Å². The van der Waals surface area contributed by atoms with Gasteiger partial charge in [-0.2, -0.15) is 0 Å². The summed E-state index contributed by atoms with van der Waals surface area (Å²) in [4.78, 5) is 0.760. The molecule has 0 saturated heterocycles. The van der Waals surface area contributed by atoms with Gasteiger partial charge in [0.15, 0.2) is 0 Å². The predicted octanol–water partition coefficient (Wildman–Crippen LogP) is 4.14. The second-order valence-corrected chi connectivity index (χ2v) is 5.18. The van der Waals surface area contributed by atoms with Crippen molar-refractivity contribution >= 4 is 34.5 Å². The van der Waals surface area contributed by atoms with Gasteiger partial charge in [0.25, 0.3) is 0 Å². The molecule has 0 bridgehead atoms. The van der Waals surface area contributed by atoms with Crippen LogP contribution in [0, 0.1) is 0 Å². The predicted molar refractivity (Wildman–Crippen MR) is 64.8 cm³/mol. The summed E-state index contributed by atoms with van der Waals surface area (Å²) in [7, 11) is 0. The first kappa shape index (κ1) is 11.0. The zero-order valence-corrected chi connectivity index (χ0v) is 9.98. The van der Waals surface area contributed by atoms with Crippen LogP contribution in [-0.4, -0.2) is 5.11 Å². The van der Waals surface area contributed by atoms with Gasteiger partial charge in [0.1, 0.15) is 10.4 Å². The Morgan fingerprint density at radius 1 is 1.13 bits per heavy atom. The normalized spacial score (nSPS) is 12.7. The smallest absolute Gasteiger partial charge is 0.113 e. The van der Waals surface area contributed by atoms with Gasteiger partial charge in [-0.05, 0) is 11.6 Å². The number of aliphatic hydroxyl groups is 1. The van der Waals surface area contributed by atoms with Crippen LogP contribution in [0.3, 0.4) is 0 Å². The third kappa shape index (κ3) is 2.34. The number of benzene rings is 1. The van der Waals surface area contributed by atoms with E-state index in [-0.39, 0.29) is 0 Å². The number of hydrogen-bond donors (Lipinski definition) is 1. The summed E-state index contributed by atoms with van der Waals surface area (Å²) in [5.41, 5.74) is 0.840. The average molecular weight is 259 g/mol. The molecule has 0 spiro atoms. The molecular weight excluding hydrogens is 251 g/mol. The minimum atomic E-state index is -0.652. The zero-order valence-electron chi connectivity index (χ0n) is 7.65. The van der Waals surface area contributed by atoms with E-state index in [9.17, 15) is 5.11 Å². The summed E-state index contributed by atoms with van der Waals surface area (Å²) >= 11 is 13.0. The van der Waals surface area contributed by atoms with E-state index in [0.29, 0.717) is 9.36 Å². The van der Waals surface area contributed by atoms with Gasteiger partial charge in [-0.1, -0.05) is 53.5 Å². The maximum atomic E-state index is 10.0. The Balaban J connectivity index is 2.32. The molecular formula is C11H8Cl2OS. The van der Waals surface area contributed by atoms with Gasteiger partial charge < -0.3 is 5.11 Å². The van der Waals surface area contributed by atoms with Gasteiger partial charge in [-0.15, -0.1) is 11.3 Å². The fourth-order valence-corrected chi connectivity index (χ4v) is 2.71. The van der Waals surface area contributed by atoms with Crippen LogP contribution in [0.4, 0.5) is 0 Å². The summed E-state index contributed by atoms with van der Waals surface area (Å²) in [6.45, 7) is 0. The van der Waals surface area contributed by atoms with Gasteiger partial charge in [-0.25, -0.2) is 0 Å². The number of thiophene rings is 1. The van der Waals surface area contributed by atoms with Crippen LogP contribution in [0.5, 0.6) is 0 Å². The minimum Gasteiger partial charge on any atom is -0.383 e. The molecule has 1 nitrogen and oxygen atoms in total. The molecule has 15 heavy (non-hydrogen) atoms. The Kier molecular flexibility index (Phi) is 3.32. The molecule has 78 valence electrons. The Labute approximate surface area is 102 Å². The van der Waals surface area contributed by atoms with Gasteiger partial charge in [0.05, 0.1) is 5.02 Å². The maximum Gasteiger partial charge on any atom is 0.113 e. The Morgan fingerprint density at radius 2 is 1.80 bits per heavy atom. The summed E-state index contributed by atoms with van der Waals surface area (Å²) in [6, 6.07) is 11.1. The van der Waals surface area contributed by atoms with Crippen LogP contribution >= 0.6 is 34.5 Å². The van der Waals surface area contributed by atoms with Crippen molar-refractivity contribution in [3.8, 4) is 0 Å². The fraction of sp³-hybridized carbons (Fsp3) is 0.0909. The van der Waals surface area contributed by atoms with Crippen LogP contribution in [-0.2, 0) is 0 Å². The number of hydrogen-bond acceptors (Lipinski definition) is 2. The Morgan fingerprint density at radius 3 is 2.33 bits per heavy atom. The van der Waals surface area contributed by atoms with Crippen molar-refractivity contribution in [1.29, 1.82) is 0 Å². The molecule has 1 atom stereocenters. The molecule has 0 aliphatic carbocycles. The van der Waals surface area contributed by atoms with Gasteiger partial charge in [-0.3, -0.25) is 0 Å². The molecule has 1 heterocycles. The highest BCUT2D eigenvalue weighted by Crippen LogP contribution is 2.36. The number of rotatable bonds is 2. The molecule has 0 radical (unpaired) electrons. The molecule has 1 aromatic carbocycles. The van der Waals surface area contributed by atoms with Crippen molar-refractivity contribution < 1.29 is 5.11 Å². The van der Waals surface area contributed by atoms with Crippen molar-refractivity contribution in [2.75, 3.05) is 0 Å². The van der Waals surface area contributed by atoms with Crippen LogP contribution < -0.4 is 0 Å². The van der Waals surface area contributed by atoms with Crippen molar-refractivity contribution in [2.24, 2.45) is 0 Å². The van der Waals surface area contributed by atoms with Gasteiger partial charge in [0, 0.05) is 4.88 Å². The zero-order chi connectivity index (χ0) is 10.8. The molecule has 4 heteroatoms. The molecule has 1 unspecified atom stereocenters. The monoisotopic (exact) mass is 258 g/mol. The van der Waals surface area contributed by atoms with E-state index in [0.717, 1.165) is 10.4 Å². The molecule has 0 aliphatic rings. The van der Waals surface area contributed by atoms with E-state index in [1.807, 2.05) is 30.3 Å². The first-order valence-corrected chi connectivity index (χ1v) is 5.93. The largest absolute Gasteiger partial charge is 0.383 e. The van der Waals surface area contributed by atoms with Crippen molar-refractivity contribution in [3.05, 3.63) is 56.2 Å². The highest BCUT2D eigenvalue weighted by atomic mass is 35.5. The summed E-state index contributed by atoms with van der Waals surface area (Å²) in [5, 5.41) is 10.5. The molecule has 2 rings (SSSR count). The van der Waals surface area contributed by atoms with E-state index in [2.05, 4.69) is 0 Å². The Hall–Kier alpha value is -0.540. The van der Waals surface area contributed by atoms with Crippen LogP contribution in [0.1, 0.15) is 16.5 Å². The quantitative estimate of drug-likeness (QED) is 0.859. The number of halogens is 2. The standard InChI is InChI=1S/C11H8Cl2OS/c12-8-6-9(15-11(8)13)10(14)7-4-2-1-3-5-7/h1-6,10,14H. The lowest BCUT2D eigenvalue weighted by Crippen LogP contribution is -1.95. The first-order valence-electron chi connectivity index (χ1n) is 4.36. The van der Waals surface area contributed by atoms with Crippen LogP contribution in [0.2, 0.25) is 9.36 Å². The SMILES string of the molecule is OC(c1ccccc1)c1cc(Cl)c(Cl)s1. The lowest BCUT2D eigenvalue weighted by Gasteiger charge is -2.07. The van der Waals surface area contributed by atoms with Crippen molar-refractivity contribution in [1.82, 2.24) is 0 Å². The average Bonchev–Trinajstić information content (AvgIpc) is 2.59. The molecule has 1 N–H and O–H groups in total. The summed E-state index contributed by atoms with van der Waals surface area (Å²) in [6.07, 6.45) is -0.652. The molecule has 1 aromatic heterocycles. The third-order valence-electron chi connectivity index (χ3n) is 2.05. The molecule has 0 aliphatic heterocycles. The second-order valence-electron chi connectivity index (χ2n) is 3.08. The lowest BCUT2D eigenvalue weighted by molar-refractivity contribution is 0.224. The Bertz CT molecular complexity index is 433. The molecule has 0 amide bonds. The van der Waals surface area contributed by atoms with E-state index in [4.69, 9.17) is 23.2 Å². The van der Waals surface area contributed by atoms with E-state index in [1.165, 1.54) is 11.3 Å². The fourth-order valence-electron chi connectivity index (χ4n) is 1.30. The molecule has 0 fully saturated rings. The highest BCUT2D eigenvalue weighted by Gasteiger charge is 2.14. The molecule has 0 saturated carbocycles. The second kappa shape index (κ2) is 4.54. The van der Waals surface area contributed by atoms with Gasteiger partial charge >= 0.3 is 0 Å². The highest BCUT2D eigenvalue weighted by molar-refractivity contribution is 7.17.